The predicted molar refractivity (Wildman–Crippen MR) is 148 cm³/mol. The van der Waals surface area contributed by atoms with E-state index in [9.17, 15) is 5.11 Å². The van der Waals surface area contributed by atoms with Crippen LogP contribution in [0.25, 0.3) is 0 Å². The van der Waals surface area contributed by atoms with Gasteiger partial charge in [0.25, 0.3) is 0 Å². The van der Waals surface area contributed by atoms with Crippen molar-refractivity contribution in [3.05, 3.63) is 46.1 Å². The number of aliphatic hydroxyl groups excluding tert-OH is 1. The van der Waals surface area contributed by atoms with Crippen molar-refractivity contribution < 1.29 is 9.53 Å². The number of benzene rings is 1. The molecule has 0 heterocycles. The zero-order valence-electron chi connectivity index (χ0n) is 22.4. The average Bonchev–Trinajstić information content (AvgIpc) is 2.76. The van der Waals surface area contributed by atoms with Crippen LogP contribution in [0.1, 0.15) is 91.7 Å². The summed E-state index contributed by atoms with van der Waals surface area (Å²) in [5, 5.41) is 11.5. The van der Waals surface area contributed by atoms with Crippen LogP contribution in [0.3, 0.4) is 0 Å². The minimum atomic E-state index is -2.45. The van der Waals surface area contributed by atoms with Gasteiger partial charge in [-0.3, -0.25) is 0 Å². The van der Waals surface area contributed by atoms with Gasteiger partial charge in [-0.1, -0.05) is 0 Å². The molecule has 0 unspecified atom stereocenters. The Kier molecular flexibility index (Phi) is 13.4. The topological polar surface area (TPSA) is 29.5 Å². The third kappa shape index (κ3) is 9.64. The summed E-state index contributed by atoms with van der Waals surface area (Å²) in [6.45, 7) is 18.4. The second kappa shape index (κ2) is 14.3. The van der Waals surface area contributed by atoms with Crippen LogP contribution in [0, 0.1) is 0 Å². The third-order valence-electron chi connectivity index (χ3n) is 7.41. The fourth-order valence-electron chi connectivity index (χ4n) is 4.08. The predicted octanol–water partition coefficient (Wildman–Crippen LogP) is 9.05. The van der Waals surface area contributed by atoms with E-state index in [1.807, 2.05) is 30.3 Å². The fourth-order valence-corrected chi connectivity index (χ4v) is 19.6. The van der Waals surface area contributed by atoms with Crippen LogP contribution in [-0.2, 0) is 4.43 Å². The molecule has 0 aliphatic carbocycles. The van der Waals surface area contributed by atoms with E-state index in [1.165, 1.54) is 51.8 Å². The number of unbranched alkanes of at least 4 members (excludes halogenated alkanes) is 3. The Hall–Kier alpha value is -0.104. The monoisotopic (exact) mass is 568 g/mol. The molecular formula is C28H52O2SiSn. The summed E-state index contributed by atoms with van der Waals surface area (Å²) in [5.41, 5.74) is 0.956. The van der Waals surface area contributed by atoms with E-state index in [1.54, 1.807) is 0 Å². The molecule has 2 nitrogen and oxygen atoms in total. The maximum absolute atomic E-state index is 11.4. The van der Waals surface area contributed by atoms with Gasteiger partial charge in [-0.05, 0) is 0 Å². The molecule has 0 saturated heterocycles. The van der Waals surface area contributed by atoms with E-state index in [0.29, 0.717) is 0 Å². The molecule has 0 radical (unpaired) electrons. The van der Waals surface area contributed by atoms with Crippen LogP contribution in [0.5, 0.6) is 0 Å². The van der Waals surface area contributed by atoms with Crippen molar-refractivity contribution in [1.29, 1.82) is 0 Å². The SMILES string of the molecule is CCC[CH2][Sn](/[CH]=C/[C@@H](O[Si](C)(C)C(C)(C)C)[C@@H](O)c1ccccc1)([CH2]CCC)[CH2]CCC. The second-order valence-electron chi connectivity index (χ2n) is 11.2. The van der Waals surface area contributed by atoms with Gasteiger partial charge < -0.3 is 0 Å². The van der Waals surface area contributed by atoms with Gasteiger partial charge in [-0.15, -0.1) is 0 Å². The summed E-state index contributed by atoms with van der Waals surface area (Å²) >= 11 is -2.45. The molecule has 1 aromatic carbocycles. The van der Waals surface area contributed by atoms with E-state index >= 15 is 0 Å². The van der Waals surface area contributed by atoms with E-state index in [4.69, 9.17) is 4.43 Å². The Balaban J connectivity index is 3.34. The van der Waals surface area contributed by atoms with Gasteiger partial charge in [0, 0.05) is 0 Å². The fraction of sp³-hybridized carbons (Fsp3) is 0.714. The summed E-state index contributed by atoms with van der Waals surface area (Å²) in [4.78, 5) is 0. The molecule has 0 amide bonds. The maximum atomic E-state index is 11.4. The Bertz CT molecular complexity index is 629. The van der Waals surface area contributed by atoms with E-state index in [0.717, 1.165) is 5.56 Å². The molecule has 0 saturated carbocycles. The quantitative estimate of drug-likeness (QED) is 0.214. The first kappa shape index (κ1) is 29.9. The number of rotatable bonds is 15. The van der Waals surface area contributed by atoms with Crippen LogP contribution in [-0.4, -0.2) is 37.9 Å². The molecule has 4 heteroatoms. The molecule has 0 aliphatic heterocycles. The normalized spacial score (nSPS) is 15.3. The van der Waals surface area contributed by atoms with E-state index < -0.39 is 32.8 Å². The van der Waals surface area contributed by atoms with E-state index in [2.05, 4.69) is 64.8 Å². The average molecular weight is 568 g/mol. The first-order chi connectivity index (χ1) is 15.0. The van der Waals surface area contributed by atoms with Gasteiger partial charge >= 0.3 is 206 Å². The molecule has 0 fully saturated rings. The van der Waals surface area contributed by atoms with Crippen LogP contribution in [0.2, 0.25) is 31.4 Å². The molecule has 1 rings (SSSR count). The molecule has 0 bridgehead atoms. The van der Waals surface area contributed by atoms with Gasteiger partial charge in [-0.2, -0.15) is 0 Å². The Morgan fingerprint density at radius 2 is 1.38 bits per heavy atom. The standard InChI is InChI=1S/C16H25O2Si.3C4H9.Sn/c1-7-14(18-19(5,6)16(2,3)4)15(17)13-11-9-8-10-12-13;3*1-3-4-2;/h1,7-12,14-15,17H,2-6H3;3*1,3-4H2,2H3;/t14-,15+;;;;/m1..../s1. The van der Waals surface area contributed by atoms with Gasteiger partial charge in [-0.25, -0.2) is 0 Å². The first-order valence-electron chi connectivity index (χ1n) is 13.1. The zero-order valence-corrected chi connectivity index (χ0v) is 26.3. The van der Waals surface area contributed by atoms with Crippen molar-refractivity contribution >= 4 is 26.7 Å². The Labute approximate surface area is 205 Å². The zero-order chi connectivity index (χ0) is 24.3. The van der Waals surface area contributed by atoms with Crippen molar-refractivity contribution in [1.82, 2.24) is 0 Å². The van der Waals surface area contributed by atoms with Crippen molar-refractivity contribution in [2.45, 2.75) is 124 Å². The number of aliphatic hydroxyl groups is 1. The molecule has 184 valence electrons. The molecule has 0 aromatic heterocycles. The summed E-state index contributed by atoms with van der Waals surface area (Å²) in [7, 11) is -2.02. The van der Waals surface area contributed by atoms with Gasteiger partial charge in [0.05, 0.1) is 0 Å². The van der Waals surface area contributed by atoms with Crippen molar-refractivity contribution in [3.8, 4) is 0 Å². The molecule has 1 aromatic rings. The Morgan fingerprint density at radius 1 is 0.906 bits per heavy atom. The van der Waals surface area contributed by atoms with Crippen LogP contribution >= 0.6 is 0 Å². The van der Waals surface area contributed by atoms with Crippen LogP contribution < -0.4 is 0 Å². The second-order valence-corrected chi connectivity index (χ2v) is 29.0. The van der Waals surface area contributed by atoms with Gasteiger partial charge in [0.15, 0.2) is 0 Å². The molecule has 32 heavy (non-hydrogen) atoms. The Morgan fingerprint density at radius 3 is 1.78 bits per heavy atom. The minimum absolute atomic E-state index is 0.114. The molecular weight excluding hydrogens is 515 g/mol. The summed E-state index contributed by atoms with van der Waals surface area (Å²) in [5.74, 6) is 0. The van der Waals surface area contributed by atoms with Crippen LogP contribution in [0.15, 0.2) is 40.5 Å². The number of hydrogen-bond acceptors (Lipinski definition) is 2. The van der Waals surface area contributed by atoms with Gasteiger partial charge in [0.2, 0.25) is 0 Å². The molecule has 1 N–H and O–H groups in total. The molecule has 0 spiro atoms. The van der Waals surface area contributed by atoms with Crippen LogP contribution in [0.4, 0.5) is 0 Å². The summed E-state index contributed by atoms with van der Waals surface area (Å²) < 4.78 is 13.9. The third-order valence-corrected chi connectivity index (χ3v) is 26.0. The van der Waals surface area contributed by atoms with Gasteiger partial charge in [0.1, 0.15) is 0 Å². The van der Waals surface area contributed by atoms with Crippen molar-refractivity contribution in [2.24, 2.45) is 0 Å². The molecule has 2 atom stereocenters. The van der Waals surface area contributed by atoms with Crippen molar-refractivity contribution in [2.75, 3.05) is 0 Å². The number of hydrogen-bond donors (Lipinski definition) is 1. The summed E-state index contributed by atoms with van der Waals surface area (Å²) in [6.07, 6.45) is 9.33. The molecule has 0 aliphatic rings. The van der Waals surface area contributed by atoms with Crippen molar-refractivity contribution in [3.63, 3.8) is 0 Å². The summed E-state index contributed by atoms with van der Waals surface area (Å²) in [6, 6.07) is 10.1. The first-order valence-corrected chi connectivity index (χ1v) is 23.7. The van der Waals surface area contributed by atoms with E-state index in [-0.39, 0.29) is 11.1 Å².